The minimum Gasteiger partial charge on any atom is -0.425 e. The van der Waals surface area contributed by atoms with Crippen molar-refractivity contribution < 1.29 is 23.5 Å². The molecule has 1 amide bonds. The van der Waals surface area contributed by atoms with E-state index in [0.29, 0.717) is 6.67 Å². The van der Waals surface area contributed by atoms with Gasteiger partial charge in [-0.2, -0.15) is 0 Å². The van der Waals surface area contributed by atoms with Gasteiger partial charge in [0.05, 0.1) is 5.92 Å². The highest BCUT2D eigenvalue weighted by Gasteiger charge is 2.15. The predicted molar refractivity (Wildman–Crippen MR) is 54.9 cm³/mol. The van der Waals surface area contributed by atoms with E-state index in [1.54, 1.807) is 13.8 Å². The first-order valence-electron chi connectivity index (χ1n) is 5.04. The second-order valence-corrected chi connectivity index (χ2v) is 3.43. The zero-order valence-corrected chi connectivity index (χ0v) is 9.66. The van der Waals surface area contributed by atoms with Crippen LogP contribution in [0.2, 0.25) is 0 Å². The highest BCUT2D eigenvalue weighted by Crippen LogP contribution is 2.01. The van der Waals surface area contributed by atoms with Crippen molar-refractivity contribution in [2.45, 2.75) is 33.5 Å². The van der Waals surface area contributed by atoms with Crippen LogP contribution in [-0.4, -0.2) is 24.9 Å². The van der Waals surface area contributed by atoms with Gasteiger partial charge < -0.3 is 14.8 Å². The van der Waals surface area contributed by atoms with Gasteiger partial charge in [0.1, 0.15) is 6.67 Å². The quantitative estimate of drug-likeness (QED) is 0.432. The van der Waals surface area contributed by atoms with Gasteiger partial charge >= 0.3 is 12.1 Å². The van der Waals surface area contributed by atoms with Crippen LogP contribution in [0.1, 0.15) is 27.2 Å². The van der Waals surface area contributed by atoms with E-state index in [1.807, 2.05) is 0 Å². The van der Waals surface area contributed by atoms with Crippen LogP contribution in [0.25, 0.3) is 0 Å². The Morgan fingerprint density at radius 1 is 1.31 bits per heavy atom. The molecule has 1 atom stereocenters. The third-order valence-corrected chi connectivity index (χ3v) is 1.55. The fourth-order valence-electron chi connectivity index (χ4n) is 0.745. The van der Waals surface area contributed by atoms with E-state index in [0.717, 1.165) is 0 Å². The highest BCUT2D eigenvalue weighted by molar-refractivity contribution is 5.72. The number of ether oxygens (including phenoxy) is 2. The molecule has 0 bridgehead atoms. The molecule has 1 N–H and O–H groups in total. The van der Waals surface area contributed by atoms with E-state index < -0.39 is 18.4 Å². The molecule has 0 heterocycles. The van der Waals surface area contributed by atoms with E-state index in [-0.39, 0.29) is 18.9 Å². The number of hydrogen-bond acceptors (Lipinski definition) is 4. The Kier molecular flexibility index (Phi) is 7.24. The summed E-state index contributed by atoms with van der Waals surface area (Å²) in [4.78, 5) is 22.1. The summed E-state index contributed by atoms with van der Waals surface area (Å²) < 4.78 is 21.1. The molecular weight excluding hydrogens is 217 g/mol. The summed E-state index contributed by atoms with van der Waals surface area (Å²) in [5.74, 6) is -0.729. The number of hydrogen-bond donors (Lipinski definition) is 1. The minimum atomic E-state index is -0.954. The van der Waals surface area contributed by atoms with Gasteiger partial charge in [0, 0.05) is 13.5 Å². The second-order valence-electron chi connectivity index (χ2n) is 3.43. The maximum atomic E-state index is 11.6. The summed E-state index contributed by atoms with van der Waals surface area (Å²) in [6.45, 7) is 5.35. The third-order valence-electron chi connectivity index (χ3n) is 1.55. The molecule has 1 radical (unpaired) electrons. The van der Waals surface area contributed by atoms with Gasteiger partial charge in [-0.1, -0.05) is 13.8 Å². The summed E-state index contributed by atoms with van der Waals surface area (Å²) in [7, 11) is 0. The maximum Gasteiger partial charge on any atom is 0.410 e. The van der Waals surface area contributed by atoms with Crippen LogP contribution >= 0.6 is 0 Å². The standard InChI is InChI=1S/C10H17FNO4/c1-7(2)9(13)15-8(3)16-10(14)12-6-4-5-11/h5,7-8H,4,6H2,1-3H3,(H,12,14). The molecule has 6 heteroatoms. The van der Waals surface area contributed by atoms with Gasteiger partial charge in [0.25, 0.3) is 0 Å². The molecule has 0 aromatic rings. The molecule has 0 aliphatic carbocycles. The number of amides is 1. The molecule has 93 valence electrons. The molecule has 0 saturated heterocycles. The van der Waals surface area contributed by atoms with E-state index in [1.165, 1.54) is 6.92 Å². The van der Waals surface area contributed by atoms with Crippen molar-refractivity contribution in [3.8, 4) is 0 Å². The molecule has 0 aliphatic heterocycles. The molecular formula is C10H17FNO4. The maximum absolute atomic E-state index is 11.6. The van der Waals surface area contributed by atoms with Crippen molar-refractivity contribution in [2.75, 3.05) is 6.54 Å². The fraction of sp³-hybridized carbons (Fsp3) is 0.700. The number of carbonyl (C=O) groups excluding carboxylic acids is 2. The van der Waals surface area contributed by atoms with Crippen LogP contribution < -0.4 is 5.32 Å². The Balaban J connectivity index is 3.73. The zero-order valence-electron chi connectivity index (χ0n) is 9.66. The van der Waals surface area contributed by atoms with Crippen molar-refractivity contribution in [2.24, 2.45) is 5.92 Å². The lowest BCUT2D eigenvalue weighted by atomic mass is 10.2. The van der Waals surface area contributed by atoms with Crippen molar-refractivity contribution in [1.29, 1.82) is 0 Å². The van der Waals surface area contributed by atoms with Crippen LogP contribution in [0.4, 0.5) is 9.18 Å². The number of alkyl carbamates (subject to hydrolysis) is 1. The van der Waals surface area contributed by atoms with E-state index in [2.05, 4.69) is 10.1 Å². The normalized spacial score (nSPS) is 12.1. The van der Waals surface area contributed by atoms with Crippen molar-refractivity contribution in [3.63, 3.8) is 0 Å². The monoisotopic (exact) mass is 234 g/mol. The first-order valence-corrected chi connectivity index (χ1v) is 5.04. The van der Waals surface area contributed by atoms with E-state index in [4.69, 9.17) is 4.74 Å². The largest absolute Gasteiger partial charge is 0.425 e. The molecule has 0 saturated carbocycles. The Hall–Kier alpha value is -1.33. The molecule has 0 rings (SSSR count). The van der Waals surface area contributed by atoms with Crippen LogP contribution in [0.15, 0.2) is 0 Å². The number of rotatable bonds is 6. The van der Waals surface area contributed by atoms with Crippen molar-refractivity contribution in [1.82, 2.24) is 5.32 Å². The van der Waals surface area contributed by atoms with E-state index in [9.17, 15) is 14.0 Å². The van der Waals surface area contributed by atoms with Crippen molar-refractivity contribution in [3.05, 3.63) is 6.67 Å². The molecule has 0 aliphatic rings. The first-order chi connectivity index (χ1) is 7.47. The molecule has 16 heavy (non-hydrogen) atoms. The summed E-state index contributed by atoms with van der Waals surface area (Å²) in [5.41, 5.74) is 0. The van der Waals surface area contributed by atoms with Gasteiger partial charge in [-0.25, -0.2) is 9.18 Å². The van der Waals surface area contributed by atoms with Gasteiger partial charge in [0.2, 0.25) is 6.29 Å². The Labute approximate surface area is 94.3 Å². The summed E-state index contributed by atoms with van der Waals surface area (Å²) in [6.07, 6.45) is -1.59. The van der Waals surface area contributed by atoms with Crippen LogP contribution in [0, 0.1) is 12.6 Å². The molecule has 0 aromatic carbocycles. The number of esters is 1. The average Bonchev–Trinajstić information content (AvgIpc) is 2.17. The van der Waals surface area contributed by atoms with Gasteiger partial charge in [-0.05, 0) is 6.42 Å². The molecule has 0 spiro atoms. The topological polar surface area (TPSA) is 64.6 Å². The van der Waals surface area contributed by atoms with Crippen molar-refractivity contribution >= 4 is 12.1 Å². The zero-order chi connectivity index (χ0) is 12.6. The highest BCUT2D eigenvalue weighted by atomic mass is 19.1. The Morgan fingerprint density at radius 2 is 1.94 bits per heavy atom. The third kappa shape index (κ3) is 7.03. The number of halogens is 1. The minimum absolute atomic E-state index is 0.106. The summed E-state index contributed by atoms with van der Waals surface area (Å²) in [5, 5.41) is 2.29. The fourth-order valence-corrected chi connectivity index (χ4v) is 0.745. The molecule has 0 aromatic heterocycles. The van der Waals surface area contributed by atoms with E-state index >= 15 is 0 Å². The van der Waals surface area contributed by atoms with Gasteiger partial charge in [0.15, 0.2) is 0 Å². The molecule has 1 unspecified atom stereocenters. The lowest BCUT2D eigenvalue weighted by Gasteiger charge is -2.15. The SMILES string of the molecule is CC(OC(=O)NCC[CH]F)OC(=O)C(C)C. The second kappa shape index (κ2) is 7.90. The summed E-state index contributed by atoms with van der Waals surface area (Å²) >= 11 is 0. The van der Waals surface area contributed by atoms with Gasteiger partial charge in [-0.3, -0.25) is 4.79 Å². The van der Waals surface area contributed by atoms with Crippen LogP contribution in [0.3, 0.4) is 0 Å². The Morgan fingerprint density at radius 3 is 2.44 bits per heavy atom. The number of carbonyl (C=O) groups is 2. The average molecular weight is 234 g/mol. The Bertz CT molecular complexity index is 233. The smallest absolute Gasteiger partial charge is 0.410 e. The number of nitrogens with one attached hydrogen (secondary N) is 1. The van der Waals surface area contributed by atoms with Crippen LogP contribution in [-0.2, 0) is 14.3 Å². The molecule has 0 fully saturated rings. The molecule has 5 nitrogen and oxygen atoms in total. The predicted octanol–water partition coefficient (Wildman–Crippen LogP) is 1.78. The van der Waals surface area contributed by atoms with Crippen LogP contribution in [0.5, 0.6) is 0 Å². The summed E-state index contributed by atoms with van der Waals surface area (Å²) in [6, 6.07) is 0. The lowest BCUT2D eigenvalue weighted by Crippen LogP contribution is -2.31. The lowest BCUT2D eigenvalue weighted by molar-refractivity contribution is -0.168. The van der Waals surface area contributed by atoms with Gasteiger partial charge in [-0.15, -0.1) is 0 Å². The first kappa shape index (κ1) is 14.7.